The molecule has 3 aromatic rings. The van der Waals surface area contributed by atoms with E-state index in [1.165, 1.54) is 16.9 Å². The average Bonchev–Trinajstić information content (AvgIpc) is 3.25. The summed E-state index contributed by atoms with van der Waals surface area (Å²) in [6.45, 7) is 3.40. The molecule has 1 amide bonds. The van der Waals surface area contributed by atoms with Gasteiger partial charge in [0.15, 0.2) is 0 Å². The van der Waals surface area contributed by atoms with E-state index in [-0.39, 0.29) is 11.8 Å². The molecule has 1 aliphatic rings. The fourth-order valence-corrected chi connectivity index (χ4v) is 3.77. The molecular formula is C20H20N4O2S. The number of rotatable bonds is 4. The van der Waals surface area contributed by atoms with Gasteiger partial charge in [-0.05, 0) is 31.9 Å². The molecule has 27 heavy (non-hydrogen) atoms. The number of thiazole rings is 1. The van der Waals surface area contributed by atoms with Gasteiger partial charge in [-0.15, -0.1) is 11.3 Å². The third-order valence-corrected chi connectivity index (χ3v) is 5.33. The van der Waals surface area contributed by atoms with Gasteiger partial charge in [-0.25, -0.2) is 9.97 Å². The molecule has 0 unspecified atom stereocenters. The van der Waals surface area contributed by atoms with E-state index in [1.54, 1.807) is 23.3 Å². The molecule has 0 N–H and O–H groups in total. The average molecular weight is 380 g/mol. The Bertz CT molecular complexity index is 904. The molecule has 138 valence electrons. The molecule has 0 bridgehead atoms. The standard InChI is InChI=1S/C20H20N4O2S/c1-14-2-4-16(5-3-14)26-19-18(21-8-9-22-19)15-6-10-24(11-7-15)20(25)17-12-27-13-23-17/h2-5,8-9,12-13,15H,6-7,10-11H2,1H3. The van der Waals surface area contributed by atoms with Crippen LogP contribution in [0.3, 0.4) is 0 Å². The maximum absolute atomic E-state index is 12.5. The van der Waals surface area contributed by atoms with Crippen LogP contribution in [0.4, 0.5) is 0 Å². The van der Waals surface area contributed by atoms with Crippen LogP contribution >= 0.6 is 11.3 Å². The molecule has 0 aliphatic carbocycles. The topological polar surface area (TPSA) is 68.2 Å². The molecular weight excluding hydrogens is 360 g/mol. The van der Waals surface area contributed by atoms with E-state index in [0.717, 1.165) is 24.3 Å². The Kier molecular flexibility index (Phi) is 5.11. The monoisotopic (exact) mass is 380 g/mol. The highest BCUT2D eigenvalue weighted by Crippen LogP contribution is 2.33. The predicted molar refractivity (Wildman–Crippen MR) is 103 cm³/mol. The highest BCUT2D eigenvalue weighted by atomic mass is 32.1. The summed E-state index contributed by atoms with van der Waals surface area (Å²) >= 11 is 1.44. The van der Waals surface area contributed by atoms with Crippen LogP contribution < -0.4 is 4.74 Å². The second kappa shape index (κ2) is 7.84. The van der Waals surface area contributed by atoms with Crippen molar-refractivity contribution in [2.45, 2.75) is 25.7 Å². The molecule has 0 saturated carbocycles. The van der Waals surface area contributed by atoms with Gasteiger partial charge in [0.05, 0.1) is 5.51 Å². The number of piperidine rings is 1. The highest BCUT2D eigenvalue weighted by molar-refractivity contribution is 7.07. The van der Waals surface area contributed by atoms with Crippen LogP contribution in [0.25, 0.3) is 0 Å². The first kappa shape index (κ1) is 17.6. The van der Waals surface area contributed by atoms with E-state index in [1.807, 2.05) is 36.1 Å². The van der Waals surface area contributed by atoms with Crippen LogP contribution in [0, 0.1) is 6.92 Å². The van der Waals surface area contributed by atoms with Crippen LogP contribution in [-0.4, -0.2) is 38.8 Å². The first-order valence-electron chi connectivity index (χ1n) is 8.93. The maximum Gasteiger partial charge on any atom is 0.273 e. The van der Waals surface area contributed by atoms with Gasteiger partial charge in [0.1, 0.15) is 17.1 Å². The quantitative estimate of drug-likeness (QED) is 0.683. The molecule has 1 fully saturated rings. The first-order valence-corrected chi connectivity index (χ1v) is 9.88. The zero-order valence-electron chi connectivity index (χ0n) is 15.0. The van der Waals surface area contributed by atoms with Crippen molar-refractivity contribution < 1.29 is 9.53 Å². The first-order chi connectivity index (χ1) is 13.2. The van der Waals surface area contributed by atoms with Crippen LogP contribution in [0.1, 0.15) is 40.5 Å². The minimum atomic E-state index is 0.00461. The number of benzene rings is 1. The van der Waals surface area contributed by atoms with Crippen molar-refractivity contribution in [3.63, 3.8) is 0 Å². The third kappa shape index (κ3) is 3.98. The molecule has 0 atom stereocenters. The van der Waals surface area contributed by atoms with Gasteiger partial charge in [-0.3, -0.25) is 9.78 Å². The minimum Gasteiger partial charge on any atom is -0.437 e. The van der Waals surface area contributed by atoms with Gasteiger partial charge in [-0.2, -0.15) is 0 Å². The number of carbonyl (C=O) groups excluding carboxylic acids is 1. The smallest absolute Gasteiger partial charge is 0.273 e. The summed E-state index contributed by atoms with van der Waals surface area (Å²) in [5.41, 5.74) is 4.26. The van der Waals surface area contributed by atoms with E-state index in [2.05, 4.69) is 15.0 Å². The van der Waals surface area contributed by atoms with Gasteiger partial charge in [-0.1, -0.05) is 17.7 Å². The van der Waals surface area contributed by atoms with Crippen molar-refractivity contribution in [3.8, 4) is 11.6 Å². The Morgan fingerprint density at radius 1 is 1.11 bits per heavy atom. The lowest BCUT2D eigenvalue weighted by Crippen LogP contribution is -2.38. The summed E-state index contributed by atoms with van der Waals surface area (Å²) in [7, 11) is 0. The highest BCUT2D eigenvalue weighted by Gasteiger charge is 2.28. The van der Waals surface area contributed by atoms with Gasteiger partial charge in [0.25, 0.3) is 5.91 Å². The molecule has 1 aromatic carbocycles. The number of hydrogen-bond acceptors (Lipinski definition) is 6. The molecule has 0 spiro atoms. The van der Waals surface area contributed by atoms with Gasteiger partial charge in [0, 0.05) is 36.8 Å². The number of amides is 1. The summed E-state index contributed by atoms with van der Waals surface area (Å²) in [6.07, 6.45) is 5.01. The number of aryl methyl sites for hydroxylation is 1. The molecule has 3 heterocycles. The van der Waals surface area contributed by atoms with E-state index in [9.17, 15) is 4.79 Å². The van der Waals surface area contributed by atoms with Crippen LogP contribution in [0.2, 0.25) is 0 Å². The second-order valence-corrected chi connectivity index (χ2v) is 7.32. The van der Waals surface area contributed by atoms with Crippen LogP contribution in [0.15, 0.2) is 47.5 Å². The number of likely N-dealkylation sites (tertiary alicyclic amines) is 1. The van der Waals surface area contributed by atoms with Crippen LogP contribution in [0.5, 0.6) is 11.6 Å². The minimum absolute atomic E-state index is 0.00461. The van der Waals surface area contributed by atoms with E-state index < -0.39 is 0 Å². The fourth-order valence-electron chi connectivity index (χ4n) is 3.25. The Hall–Kier alpha value is -2.80. The zero-order valence-corrected chi connectivity index (χ0v) is 15.9. The van der Waals surface area contributed by atoms with E-state index >= 15 is 0 Å². The third-order valence-electron chi connectivity index (χ3n) is 4.75. The summed E-state index contributed by atoms with van der Waals surface area (Å²) in [5, 5.41) is 1.80. The van der Waals surface area contributed by atoms with Crippen LogP contribution in [-0.2, 0) is 0 Å². The van der Waals surface area contributed by atoms with Crippen molar-refractivity contribution in [3.05, 3.63) is 64.5 Å². The Morgan fingerprint density at radius 2 is 1.85 bits per heavy atom. The normalized spacial score (nSPS) is 14.9. The largest absolute Gasteiger partial charge is 0.437 e. The SMILES string of the molecule is Cc1ccc(Oc2nccnc2C2CCN(C(=O)c3cscn3)CC2)cc1. The molecule has 4 rings (SSSR count). The summed E-state index contributed by atoms with van der Waals surface area (Å²) < 4.78 is 5.99. The maximum atomic E-state index is 12.5. The number of hydrogen-bond donors (Lipinski definition) is 0. The second-order valence-electron chi connectivity index (χ2n) is 6.60. The van der Waals surface area contributed by atoms with Gasteiger partial charge in [0.2, 0.25) is 5.88 Å². The fraction of sp³-hybridized carbons (Fsp3) is 0.300. The lowest BCUT2D eigenvalue weighted by Gasteiger charge is -2.31. The molecule has 6 nitrogen and oxygen atoms in total. The zero-order chi connectivity index (χ0) is 18.6. The van der Waals surface area contributed by atoms with Crippen molar-refractivity contribution in [2.24, 2.45) is 0 Å². The molecule has 1 aliphatic heterocycles. The van der Waals surface area contributed by atoms with Gasteiger partial charge < -0.3 is 9.64 Å². The Labute approximate surface area is 161 Å². The van der Waals surface area contributed by atoms with E-state index in [0.29, 0.717) is 24.7 Å². The van der Waals surface area contributed by atoms with Crippen molar-refractivity contribution in [1.29, 1.82) is 0 Å². The molecule has 1 saturated heterocycles. The lowest BCUT2D eigenvalue weighted by atomic mass is 9.93. The summed E-state index contributed by atoms with van der Waals surface area (Å²) in [5.74, 6) is 1.52. The van der Waals surface area contributed by atoms with Gasteiger partial charge >= 0.3 is 0 Å². The Morgan fingerprint density at radius 3 is 2.56 bits per heavy atom. The number of aromatic nitrogens is 3. The van der Waals surface area contributed by atoms with Crippen molar-refractivity contribution in [2.75, 3.05) is 13.1 Å². The lowest BCUT2D eigenvalue weighted by molar-refractivity contribution is 0.0706. The Balaban J connectivity index is 1.45. The van der Waals surface area contributed by atoms with E-state index in [4.69, 9.17) is 4.74 Å². The number of carbonyl (C=O) groups is 1. The van der Waals surface area contributed by atoms with Crippen molar-refractivity contribution in [1.82, 2.24) is 19.9 Å². The van der Waals surface area contributed by atoms with Crippen molar-refractivity contribution >= 4 is 17.2 Å². The summed E-state index contributed by atoms with van der Waals surface area (Å²) in [4.78, 5) is 27.4. The number of ether oxygens (including phenoxy) is 1. The number of nitrogens with zero attached hydrogens (tertiary/aromatic N) is 4. The molecule has 2 aromatic heterocycles. The molecule has 0 radical (unpaired) electrons. The molecule has 7 heteroatoms. The summed E-state index contributed by atoms with van der Waals surface area (Å²) in [6, 6.07) is 7.88. The predicted octanol–water partition coefficient (Wildman–Crippen LogP) is 4.05.